The van der Waals surface area contributed by atoms with Gasteiger partial charge in [-0.25, -0.2) is 15.2 Å². The topological polar surface area (TPSA) is 105 Å². The van der Waals surface area contributed by atoms with Crippen molar-refractivity contribution in [2.75, 3.05) is 38.3 Å². The second-order valence-electron chi connectivity index (χ2n) is 7.32. The summed E-state index contributed by atoms with van der Waals surface area (Å²) in [6, 6.07) is 11.3. The van der Waals surface area contributed by atoms with Crippen molar-refractivity contribution in [3.63, 3.8) is 0 Å². The highest BCUT2D eigenvalue weighted by Crippen LogP contribution is 2.26. The lowest BCUT2D eigenvalue weighted by molar-refractivity contribution is 0.0939. The zero-order valence-electron chi connectivity index (χ0n) is 17.9. The highest BCUT2D eigenvalue weighted by Gasteiger charge is 2.20. The monoisotopic (exact) mass is 455 g/mol. The van der Waals surface area contributed by atoms with E-state index in [1.54, 1.807) is 14.0 Å². The first-order valence-corrected chi connectivity index (χ1v) is 11.1. The minimum Gasteiger partial charge on any atom is -0.497 e. The molecule has 0 atom stereocenters. The van der Waals surface area contributed by atoms with E-state index in [1.807, 2.05) is 36.4 Å². The second-order valence-corrected chi connectivity index (χ2v) is 8.30. The number of amides is 3. The van der Waals surface area contributed by atoms with Crippen LogP contribution in [0.15, 0.2) is 36.4 Å². The number of hydrogen-bond donors (Lipinski definition) is 3. The first kappa shape index (κ1) is 21.8. The number of urea groups is 1. The molecule has 3 N–H and O–H groups in total. The van der Waals surface area contributed by atoms with Gasteiger partial charge in [0, 0.05) is 19.6 Å². The summed E-state index contributed by atoms with van der Waals surface area (Å²) in [5, 5.41) is 5.64. The molecule has 0 radical (unpaired) electrons. The summed E-state index contributed by atoms with van der Waals surface area (Å²) in [5.74, 6) is 0.404. The summed E-state index contributed by atoms with van der Waals surface area (Å²) in [7, 11) is 1.64. The van der Waals surface area contributed by atoms with Crippen molar-refractivity contribution in [2.45, 2.75) is 13.5 Å². The minimum atomic E-state index is -0.497. The van der Waals surface area contributed by atoms with Gasteiger partial charge in [-0.1, -0.05) is 29.5 Å². The predicted octanol–water partition coefficient (Wildman–Crippen LogP) is 2.59. The molecule has 1 aromatic heterocycles. The number of fused-ring (bicyclic) bond motifs is 1. The number of nitrogens with zero attached hydrogens (tertiary/aromatic N) is 2. The van der Waals surface area contributed by atoms with Crippen LogP contribution in [0.2, 0.25) is 0 Å². The van der Waals surface area contributed by atoms with E-state index >= 15 is 0 Å². The third-order valence-electron chi connectivity index (χ3n) is 5.13. The van der Waals surface area contributed by atoms with Crippen LogP contribution in [0.25, 0.3) is 10.8 Å². The zero-order chi connectivity index (χ0) is 22.5. The fourth-order valence-corrected chi connectivity index (χ4v) is 4.40. The van der Waals surface area contributed by atoms with Gasteiger partial charge in [0.05, 0.1) is 26.0 Å². The molecule has 0 bridgehead atoms. The van der Waals surface area contributed by atoms with E-state index < -0.39 is 11.9 Å². The lowest BCUT2D eigenvalue weighted by Crippen LogP contribution is -2.46. The highest BCUT2D eigenvalue weighted by atomic mass is 32.1. The maximum atomic E-state index is 12.5. The highest BCUT2D eigenvalue weighted by molar-refractivity contribution is 7.17. The summed E-state index contributed by atoms with van der Waals surface area (Å²) in [6.45, 7) is 4.89. The van der Waals surface area contributed by atoms with Gasteiger partial charge in [-0.2, -0.15) is 0 Å². The molecular formula is C22H25N5O4S. The molecule has 3 aromatic rings. The van der Waals surface area contributed by atoms with Gasteiger partial charge in [0.1, 0.15) is 10.6 Å². The van der Waals surface area contributed by atoms with Crippen molar-refractivity contribution >= 4 is 39.2 Å². The normalized spacial score (nSPS) is 13.6. The first-order valence-electron chi connectivity index (χ1n) is 10.2. The zero-order valence-corrected chi connectivity index (χ0v) is 18.8. The number of rotatable bonds is 5. The van der Waals surface area contributed by atoms with Crippen LogP contribution in [0, 0.1) is 6.92 Å². The van der Waals surface area contributed by atoms with Crippen molar-refractivity contribution in [1.82, 2.24) is 21.2 Å². The third-order valence-corrected chi connectivity index (χ3v) is 6.34. The Morgan fingerprint density at radius 3 is 2.66 bits per heavy atom. The van der Waals surface area contributed by atoms with Gasteiger partial charge in [-0.05, 0) is 41.5 Å². The van der Waals surface area contributed by atoms with E-state index in [1.165, 1.54) is 11.3 Å². The van der Waals surface area contributed by atoms with Gasteiger partial charge in [0.2, 0.25) is 0 Å². The van der Waals surface area contributed by atoms with E-state index in [9.17, 15) is 9.59 Å². The van der Waals surface area contributed by atoms with Gasteiger partial charge < -0.3 is 19.7 Å². The Hall–Kier alpha value is -3.37. The number of ether oxygens (including phenoxy) is 2. The van der Waals surface area contributed by atoms with Crippen LogP contribution in [-0.2, 0) is 11.3 Å². The van der Waals surface area contributed by atoms with Gasteiger partial charge in [-0.3, -0.25) is 10.2 Å². The van der Waals surface area contributed by atoms with Crippen molar-refractivity contribution in [1.29, 1.82) is 0 Å². The molecule has 1 saturated heterocycles. The fraction of sp³-hybridized carbons (Fsp3) is 0.318. The molecule has 0 spiro atoms. The average molecular weight is 456 g/mol. The van der Waals surface area contributed by atoms with E-state index in [0.29, 0.717) is 30.3 Å². The lowest BCUT2D eigenvalue weighted by Gasteiger charge is -2.25. The Labute approximate surface area is 189 Å². The molecule has 2 heterocycles. The number of carbonyl (C=O) groups excluding carboxylic acids is 2. The molecule has 0 saturated carbocycles. The molecule has 0 aliphatic carbocycles. The molecule has 168 valence electrons. The molecule has 1 fully saturated rings. The number of hydrogen-bond acceptors (Lipinski definition) is 7. The molecule has 4 rings (SSSR count). The maximum Gasteiger partial charge on any atom is 0.333 e. The summed E-state index contributed by atoms with van der Waals surface area (Å²) in [5.41, 5.74) is 6.42. The average Bonchev–Trinajstić information content (AvgIpc) is 3.23. The number of carbonyl (C=O) groups is 2. The summed E-state index contributed by atoms with van der Waals surface area (Å²) < 4.78 is 10.6. The molecule has 9 nitrogen and oxygen atoms in total. The molecule has 1 aliphatic heterocycles. The van der Waals surface area contributed by atoms with E-state index in [2.05, 4.69) is 26.1 Å². The number of methoxy groups -OCH3 is 1. The van der Waals surface area contributed by atoms with E-state index in [0.717, 1.165) is 40.3 Å². The van der Waals surface area contributed by atoms with Crippen molar-refractivity contribution in [2.24, 2.45) is 0 Å². The number of benzene rings is 2. The molecule has 10 heteroatoms. The van der Waals surface area contributed by atoms with Crippen LogP contribution < -0.4 is 25.8 Å². The number of nitrogens with one attached hydrogen (secondary N) is 3. The van der Waals surface area contributed by atoms with Crippen molar-refractivity contribution in [3.8, 4) is 5.75 Å². The van der Waals surface area contributed by atoms with Crippen LogP contribution in [0.5, 0.6) is 5.75 Å². The molecule has 1 aliphatic rings. The standard InChI is InChI=1S/C22H25N5O4S/c1-14-19(32-22(24-14)27-7-9-31-10-8-27)20(28)25-26-21(29)23-13-15-3-4-17-12-18(30-2)6-5-16(17)11-15/h3-6,11-12H,7-10,13H2,1-2H3,(H,25,28)(H2,23,26,29). The number of morpholine rings is 1. The smallest absolute Gasteiger partial charge is 0.333 e. The van der Waals surface area contributed by atoms with Crippen LogP contribution in [0.4, 0.5) is 9.93 Å². The number of anilines is 1. The maximum absolute atomic E-state index is 12.5. The van der Waals surface area contributed by atoms with Crippen molar-refractivity contribution < 1.29 is 19.1 Å². The Kier molecular flexibility index (Phi) is 6.72. The summed E-state index contributed by atoms with van der Waals surface area (Å²) >= 11 is 1.31. The SMILES string of the molecule is COc1ccc2cc(CNC(=O)NNC(=O)c3sc(N4CCOCC4)nc3C)ccc2c1. The molecule has 0 unspecified atom stereocenters. The van der Waals surface area contributed by atoms with Crippen LogP contribution >= 0.6 is 11.3 Å². The van der Waals surface area contributed by atoms with E-state index in [-0.39, 0.29) is 0 Å². The Balaban J connectivity index is 1.29. The van der Waals surface area contributed by atoms with Crippen molar-refractivity contribution in [3.05, 3.63) is 52.5 Å². The molecule has 2 aromatic carbocycles. The molecule has 3 amide bonds. The Bertz CT molecular complexity index is 1130. The van der Waals surface area contributed by atoms with Crippen LogP contribution in [-0.4, -0.2) is 50.3 Å². The summed E-state index contributed by atoms with van der Waals surface area (Å²) in [6.07, 6.45) is 0. The molecule has 32 heavy (non-hydrogen) atoms. The van der Waals surface area contributed by atoms with Gasteiger partial charge >= 0.3 is 6.03 Å². The Morgan fingerprint density at radius 1 is 1.12 bits per heavy atom. The van der Waals surface area contributed by atoms with Crippen LogP contribution in [0.1, 0.15) is 20.9 Å². The summed E-state index contributed by atoms with van der Waals surface area (Å²) in [4.78, 5) is 31.7. The third kappa shape index (κ3) is 5.09. The van der Waals surface area contributed by atoms with Gasteiger partial charge in [0.15, 0.2) is 5.13 Å². The van der Waals surface area contributed by atoms with Gasteiger partial charge in [0.25, 0.3) is 5.91 Å². The quantitative estimate of drug-likeness (QED) is 0.511. The number of hydrazine groups is 1. The van der Waals surface area contributed by atoms with Crippen LogP contribution in [0.3, 0.4) is 0 Å². The minimum absolute atomic E-state index is 0.324. The largest absolute Gasteiger partial charge is 0.497 e. The number of aromatic nitrogens is 1. The number of thiazole rings is 1. The Morgan fingerprint density at radius 2 is 1.88 bits per heavy atom. The fourth-order valence-electron chi connectivity index (χ4n) is 3.39. The van der Waals surface area contributed by atoms with Gasteiger partial charge in [-0.15, -0.1) is 0 Å². The van der Waals surface area contributed by atoms with E-state index in [4.69, 9.17) is 9.47 Å². The predicted molar refractivity (Wildman–Crippen MR) is 123 cm³/mol. The lowest BCUT2D eigenvalue weighted by atomic mass is 10.1. The number of aryl methyl sites for hydroxylation is 1. The first-order chi connectivity index (χ1) is 15.5. The second kappa shape index (κ2) is 9.84. The molecular weight excluding hydrogens is 430 g/mol.